The van der Waals surface area contributed by atoms with Crippen molar-refractivity contribution in [3.05, 3.63) is 259 Å². The van der Waals surface area contributed by atoms with E-state index in [1.165, 1.54) is 183 Å². The van der Waals surface area contributed by atoms with E-state index < -0.39 is 48.0 Å². The van der Waals surface area contributed by atoms with E-state index in [0.717, 1.165) is 201 Å². The summed E-state index contributed by atoms with van der Waals surface area (Å²) < 4.78 is 12.0. The summed E-state index contributed by atoms with van der Waals surface area (Å²) >= 11 is 0. The normalized spacial score (nSPS) is 18.6. The molecule has 0 bridgehead atoms. The Labute approximate surface area is 763 Å². The fraction of sp³-hybridized carbons (Fsp3) is 0.556. The van der Waals surface area contributed by atoms with Gasteiger partial charge in [0.05, 0.1) is 12.2 Å². The Bertz CT molecular complexity index is 4480. The quantitative estimate of drug-likeness (QED) is 0.0260. The van der Waals surface area contributed by atoms with Crippen LogP contribution in [0.1, 0.15) is 280 Å². The predicted molar refractivity (Wildman–Crippen MR) is 508 cm³/mol. The summed E-state index contributed by atoms with van der Waals surface area (Å²) in [6.07, 6.45) is 41.8. The Hall–Kier alpha value is -8.96. The number of ether oxygens (including phenoxy) is 2. The summed E-state index contributed by atoms with van der Waals surface area (Å²) in [4.78, 5) is 80.5. The fourth-order valence-electron chi connectivity index (χ4n) is 20.6. The SMILES string of the molecule is CCc1ccccc1[C@@H](C(=O)O)N1CC(OCCCCCc2ccc3c(n2)CCCC3)C1.CCc1ccccc1[C@H](C(=O)O)N1CC(OCCCCCc2ccc3c(n2)CCCC3)C1.CN(CCCCCc1ccc2c(n1)CCCC2)[C@@H]1CCN([C@@H](C(=O)O)c2ccccc2)C1.CN(CCCCCc1ccc2c(n1)CCCC2)[C@@H]1CCN([C@H](C(=O)O)c2ccccc2)C1. The number of hydrogen-bond acceptors (Lipinski definition) is 16. The summed E-state index contributed by atoms with van der Waals surface area (Å²) in [6.45, 7) is 13.9. The number of carboxylic acids is 4. The molecule has 8 aromatic rings. The Morgan fingerprint density at radius 1 is 0.344 bits per heavy atom. The van der Waals surface area contributed by atoms with Crippen LogP contribution in [-0.4, -0.2) is 211 Å². The molecule has 8 aliphatic rings. The average Bonchev–Trinajstić information content (AvgIpc) is 1.09. The van der Waals surface area contributed by atoms with Gasteiger partial charge in [0.1, 0.15) is 24.2 Å². The van der Waals surface area contributed by atoms with Crippen molar-refractivity contribution in [1.82, 2.24) is 49.3 Å². The van der Waals surface area contributed by atoms with Crippen LogP contribution < -0.4 is 0 Å². The van der Waals surface area contributed by atoms with E-state index in [1.807, 2.05) is 119 Å². The molecule has 0 saturated carbocycles. The summed E-state index contributed by atoms with van der Waals surface area (Å²) in [5.74, 6) is -3.06. The lowest BCUT2D eigenvalue weighted by Crippen LogP contribution is -2.55. The molecule has 16 rings (SSSR count). The van der Waals surface area contributed by atoms with Gasteiger partial charge in [-0.05, 0) is 313 Å². The van der Waals surface area contributed by atoms with Crippen LogP contribution in [0.2, 0.25) is 0 Å². The molecule has 0 unspecified atom stereocenters. The summed E-state index contributed by atoms with van der Waals surface area (Å²) in [5.41, 5.74) is 21.9. The molecular formula is C108H146N10O10. The zero-order chi connectivity index (χ0) is 89.4. The van der Waals surface area contributed by atoms with E-state index in [-0.39, 0.29) is 12.2 Å². The van der Waals surface area contributed by atoms with Crippen LogP contribution in [0.5, 0.6) is 0 Å². The van der Waals surface area contributed by atoms with Gasteiger partial charge in [-0.25, -0.2) is 0 Å². The minimum absolute atomic E-state index is 0.146. The van der Waals surface area contributed by atoms with Crippen LogP contribution in [0, 0.1) is 0 Å². The zero-order valence-corrected chi connectivity index (χ0v) is 77.3. The first-order valence-corrected chi connectivity index (χ1v) is 49.2. The molecule has 20 heteroatoms. The van der Waals surface area contributed by atoms with E-state index in [9.17, 15) is 39.6 Å². The first kappa shape index (κ1) is 96.6. The molecular weight excluding hydrogens is 1600 g/mol. The molecule has 8 heterocycles. The Kier molecular flexibility index (Phi) is 38.1. The number of benzene rings is 4. The molecule has 4 aliphatic carbocycles. The van der Waals surface area contributed by atoms with Gasteiger partial charge in [-0.3, -0.25) is 58.7 Å². The van der Waals surface area contributed by atoms with Crippen LogP contribution >= 0.6 is 0 Å². The third kappa shape index (κ3) is 28.0. The van der Waals surface area contributed by atoms with E-state index in [2.05, 4.69) is 96.1 Å². The second-order valence-corrected chi connectivity index (χ2v) is 37.3. The Morgan fingerprint density at radius 3 is 0.953 bits per heavy atom. The van der Waals surface area contributed by atoms with Crippen LogP contribution in [0.25, 0.3) is 0 Å². The third-order valence-corrected chi connectivity index (χ3v) is 28.2. The highest BCUT2D eigenvalue weighted by molar-refractivity contribution is 5.78. The van der Waals surface area contributed by atoms with Gasteiger partial charge in [0, 0.05) is 123 Å². The largest absolute Gasteiger partial charge is 0.480 e. The number of aromatic nitrogens is 4. The molecule has 128 heavy (non-hydrogen) atoms. The lowest BCUT2D eigenvalue weighted by molar-refractivity contribution is -0.152. The van der Waals surface area contributed by atoms with Crippen molar-refractivity contribution < 1.29 is 49.1 Å². The maximum atomic E-state index is 11.9. The van der Waals surface area contributed by atoms with E-state index in [4.69, 9.17) is 29.4 Å². The molecule has 4 aromatic heterocycles. The van der Waals surface area contributed by atoms with Crippen molar-refractivity contribution >= 4 is 23.9 Å². The average molecular weight is 1740 g/mol. The van der Waals surface area contributed by atoms with Crippen molar-refractivity contribution in [2.45, 2.75) is 293 Å². The number of hydrogen-bond donors (Lipinski definition) is 4. The fourth-order valence-corrected chi connectivity index (χ4v) is 20.6. The number of aryl methyl sites for hydroxylation is 14. The number of carbonyl (C=O) groups is 4. The number of carboxylic acid groups (broad SMARTS) is 4. The van der Waals surface area contributed by atoms with Crippen molar-refractivity contribution in [3.63, 3.8) is 0 Å². The van der Waals surface area contributed by atoms with Gasteiger partial charge in [0.25, 0.3) is 0 Å². The highest BCUT2D eigenvalue weighted by atomic mass is 16.5. The summed E-state index contributed by atoms with van der Waals surface area (Å²) in [7, 11) is 4.38. The van der Waals surface area contributed by atoms with Crippen molar-refractivity contribution in [3.8, 4) is 0 Å². The van der Waals surface area contributed by atoms with Crippen molar-refractivity contribution in [2.75, 3.05) is 92.8 Å². The van der Waals surface area contributed by atoms with Gasteiger partial charge >= 0.3 is 23.9 Å². The lowest BCUT2D eigenvalue weighted by atomic mass is 9.95. The number of unbranched alkanes of at least 4 members (excludes halogenated alkanes) is 8. The standard InChI is InChI=1S/2C27H37N3O2.2C27H36N2O3/c2*1-29(18-9-3-6-13-23-16-15-21-10-7-8-14-25(21)28-23)24-17-19-30(20-24)26(27(31)32)22-11-4-2-5-12-22;2*1-2-20-10-5-7-13-24(20)26(27(30)31)29-18-23(19-29)32-17-9-3-4-12-22-16-15-21-11-6-8-14-25(21)28-22/h2*2,4-5,11-12,15-16,24,26H,3,6-10,13-14,17-20H2,1H3,(H,31,32);2*5,7,10,13,15-16,23,26H,2-4,6,8-9,11-12,14,17-19H2,1H3,(H,30,31)/t24-,26+;24-,26-;2*26-/m1110/s1. The smallest absolute Gasteiger partial charge is 0.325 e. The van der Waals surface area contributed by atoms with E-state index >= 15 is 0 Å². The molecule has 4 aromatic carbocycles. The van der Waals surface area contributed by atoms with Gasteiger partial charge in [0.2, 0.25) is 0 Å². The van der Waals surface area contributed by atoms with Gasteiger partial charge in [-0.1, -0.05) is 173 Å². The monoisotopic (exact) mass is 1740 g/mol. The van der Waals surface area contributed by atoms with E-state index in [1.54, 1.807) is 0 Å². The molecule has 688 valence electrons. The second kappa shape index (κ2) is 50.4. The van der Waals surface area contributed by atoms with Crippen LogP contribution in [0.4, 0.5) is 0 Å². The number of likely N-dealkylation sites (N-methyl/N-ethyl adjacent to an activating group) is 2. The predicted octanol–water partition coefficient (Wildman–Crippen LogP) is 18.5. The molecule has 4 N–H and O–H groups in total. The van der Waals surface area contributed by atoms with Gasteiger partial charge < -0.3 is 39.7 Å². The molecule has 4 fully saturated rings. The van der Waals surface area contributed by atoms with Gasteiger partial charge in [-0.15, -0.1) is 0 Å². The van der Waals surface area contributed by atoms with Crippen LogP contribution in [0.15, 0.2) is 158 Å². The molecule has 0 radical (unpaired) electrons. The maximum Gasteiger partial charge on any atom is 0.325 e. The van der Waals surface area contributed by atoms with Crippen molar-refractivity contribution in [2.24, 2.45) is 0 Å². The topological polar surface area (TPSA) is 239 Å². The number of likely N-dealkylation sites (tertiary alicyclic amines) is 4. The van der Waals surface area contributed by atoms with E-state index in [0.29, 0.717) is 38.3 Å². The number of rotatable bonds is 42. The highest BCUT2D eigenvalue weighted by Gasteiger charge is 2.41. The Balaban J connectivity index is 0.000000146. The Morgan fingerprint density at radius 2 is 0.641 bits per heavy atom. The minimum Gasteiger partial charge on any atom is -0.480 e. The number of fused-ring (bicyclic) bond motifs is 4. The lowest BCUT2D eigenvalue weighted by Gasteiger charge is -2.42. The molecule has 0 spiro atoms. The molecule has 4 aliphatic heterocycles. The molecule has 6 atom stereocenters. The number of aliphatic carboxylic acids is 4. The zero-order valence-electron chi connectivity index (χ0n) is 77.3. The van der Waals surface area contributed by atoms with Gasteiger partial charge in [-0.2, -0.15) is 0 Å². The minimum atomic E-state index is -0.778. The van der Waals surface area contributed by atoms with Crippen LogP contribution in [-0.2, 0) is 119 Å². The second-order valence-electron chi connectivity index (χ2n) is 37.3. The van der Waals surface area contributed by atoms with Crippen LogP contribution in [0.3, 0.4) is 0 Å². The first-order chi connectivity index (χ1) is 62.5. The highest BCUT2D eigenvalue weighted by Crippen LogP contribution is 2.36. The van der Waals surface area contributed by atoms with Crippen molar-refractivity contribution in [1.29, 1.82) is 0 Å². The maximum absolute atomic E-state index is 11.9. The number of pyridine rings is 4. The summed E-state index contributed by atoms with van der Waals surface area (Å²) in [5, 5.41) is 39.2. The first-order valence-electron chi connectivity index (χ1n) is 49.2. The molecule has 20 nitrogen and oxygen atoms in total. The number of nitrogens with zero attached hydrogens (tertiary/aromatic N) is 10. The van der Waals surface area contributed by atoms with Gasteiger partial charge in [0.15, 0.2) is 0 Å². The molecule has 4 saturated heterocycles. The summed E-state index contributed by atoms with van der Waals surface area (Å²) in [6, 6.07) is 51.7. The molecule has 0 amide bonds. The third-order valence-electron chi connectivity index (χ3n) is 28.2.